The molecule has 0 radical (unpaired) electrons. The molecule has 1 amide bonds. The van der Waals surface area contributed by atoms with Gasteiger partial charge in [0.25, 0.3) is 5.91 Å². The smallest absolute Gasteiger partial charge is 0.253 e. The molecule has 0 N–H and O–H groups in total. The van der Waals surface area contributed by atoms with Gasteiger partial charge < -0.3 is 9.42 Å². The summed E-state index contributed by atoms with van der Waals surface area (Å²) in [6, 6.07) is 15.8. The number of hydrogen-bond donors (Lipinski definition) is 0. The van der Waals surface area contributed by atoms with Crippen molar-refractivity contribution in [1.82, 2.24) is 15.0 Å². The Bertz CT molecular complexity index is 901. The number of carbonyl (C=O) groups excluding carboxylic acids is 1. The van der Waals surface area contributed by atoms with Crippen LogP contribution in [0.1, 0.15) is 28.0 Å². The van der Waals surface area contributed by atoms with Gasteiger partial charge in [0, 0.05) is 43.7 Å². The van der Waals surface area contributed by atoms with Crippen molar-refractivity contribution in [2.45, 2.75) is 19.9 Å². The summed E-state index contributed by atoms with van der Waals surface area (Å²) in [4.78, 5) is 17.1. The first-order valence-electron chi connectivity index (χ1n) is 9.12. The van der Waals surface area contributed by atoms with Gasteiger partial charge in [0.15, 0.2) is 5.58 Å². The van der Waals surface area contributed by atoms with Gasteiger partial charge in [-0.3, -0.25) is 9.69 Å². The number of carbonyl (C=O) groups is 1. The minimum atomic E-state index is 0.124. The van der Waals surface area contributed by atoms with Gasteiger partial charge in [0.05, 0.1) is 0 Å². The van der Waals surface area contributed by atoms with Crippen molar-refractivity contribution in [3.63, 3.8) is 0 Å². The zero-order chi connectivity index (χ0) is 17.9. The van der Waals surface area contributed by atoms with Gasteiger partial charge in [-0.05, 0) is 37.6 Å². The molecule has 2 heterocycles. The molecular formula is C21H23N3O2. The topological polar surface area (TPSA) is 49.6 Å². The Balaban J connectivity index is 1.41. The maximum Gasteiger partial charge on any atom is 0.253 e. The molecule has 0 bridgehead atoms. The molecule has 0 saturated carbocycles. The summed E-state index contributed by atoms with van der Waals surface area (Å²) in [5, 5.41) is 5.31. The highest BCUT2D eigenvalue weighted by Crippen LogP contribution is 2.20. The van der Waals surface area contributed by atoms with Crippen LogP contribution in [-0.4, -0.2) is 47.0 Å². The normalized spacial score (nSPS) is 16.0. The molecule has 2 aromatic carbocycles. The number of amides is 1. The van der Waals surface area contributed by atoms with Crippen LogP contribution in [0, 0.1) is 6.92 Å². The third kappa shape index (κ3) is 3.48. The van der Waals surface area contributed by atoms with E-state index in [9.17, 15) is 4.79 Å². The van der Waals surface area contributed by atoms with E-state index in [1.165, 1.54) is 5.56 Å². The molecule has 3 aromatic rings. The number of hydrogen-bond acceptors (Lipinski definition) is 4. The van der Waals surface area contributed by atoms with Crippen molar-refractivity contribution in [2.24, 2.45) is 0 Å². The van der Waals surface area contributed by atoms with Crippen molar-refractivity contribution < 1.29 is 9.32 Å². The van der Waals surface area contributed by atoms with E-state index in [0.29, 0.717) is 0 Å². The van der Waals surface area contributed by atoms with Crippen LogP contribution < -0.4 is 0 Å². The van der Waals surface area contributed by atoms with Gasteiger partial charge in [-0.2, -0.15) is 0 Å². The lowest BCUT2D eigenvalue weighted by Gasteiger charge is -2.21. The largest absolute Gasteiger partial charge is 0.356 e. The number of rotatable bonds is 3. The molecule has 1 aromatic heterocycles. The molecule has 26 heavy (non-hydrogen) atoms. The summed E-state index contributed by atoms with van der Waals surface area (Å²) in [6.07, 6.45) is 0.966. The quantitative estimate of drug-likeness (QED) is 0.726. The second-order valence-corrected chi connectivity index (χ2v) is 6.91. The van der Waals surface area contributed by atoms with Crippen LogP contribution in [0.15, 0.2) is 53.1 Å². The first-order valence-corrected chi connectivity index (χ1v) is 9.12. The summed E-state index contributed by atoms with van der Waals surface area (Å²) >= 11 is 0. The van der Waals surface area contributed by atoms with Crippen LogP contribution in [0.2, 0.25) is 0 Å². The number of aromatic nitrogens is 1. The van der Waals surface area contributed by atoms with Gasteiger partial charge >= 0.3 is 0 Å². The minimum Gasteiger partial charge on any atom is -0.356 e. The SMILES string of the molecule is Cc1ccc(C(=O)N2CCCN(Cc3noc4ccccc34)CC2)cc1. The Kier molecular flexibility index (Phi) is 4.71. The summed E-state index contributed by atoms with van der Waals surface area (Å²) < 4.78 is 5.41. The molecular weight excluding hydrogens is 326 g/mol. The maximum atomic E-state index is 12.7. The average molecular weight is 349 g/mol. The highest BCUT2D eigenvalue weighted by molar-refractivity contribution is 5.94. The molecule has 1 aliphatic rings. The fraction of sp³-hybridized carbons (Fsp3) is 0.333. The highest BCUT2D eigenvalue weighted by Gasteiger charge is 2.21. The molecule has 4 rings (SSSR count). The third-order valence-electron chi connectivity index (χ3n) is 5.00. The minimum absolute atomic E-state index is 0.124. The number of benzene rings is 2. The number of fused-ring (bicyclic) bond motifs is 1. The third-order valence-corrected chi connectivity index (χ3v) is 5.00. The summed E-state index contributed by atoms with van der Waals surface area (Å²) in [7, 11) is 0. The highest BCUT2D eigenvalue weighted by atomic mass is 16.5. The maximum absolute atomic E-state index is 12.7. The number of nitrogens with zero attached hydrogens (tertiary/aromatic N) is 3. The predicted molar refractivity (Wildman–Crippen MR) is 101 cm³/mol. The zero-order valence-electron chi connectivity index (χ0n) is 15.0. The first kappa shape index (κ1) is 16.8. The lowest BCUT2D eigenvalue weighted by atomic mass is 10.1. The Hall–Kier alpha value is -2.66. The van der Waals surface area contributed by atoms with E-state index in [1.54, 1.807) is 0 Å². The zero-order valence-corrected chi connectivity index (χ0v) is 15.0. The fourth-order valence-corrected chi connectivity index (χ4v) is 3.47. The molecule has 5 heteroatoms. The summed E-state index contributed by atoms with van der Waals surface area (Å²) in [6.45, 7) is 6.12. The predicted octanol–water partition coefficient (Wildman–Crippen LogP) is 3.48. The first-order chi connectivity index (χ1) is 12.7. The molecule has 5 nitrogen and oxygen atoms in total. The van der Waals surface area contributed by atoms with Crippen molar-refractivity contribution in [1.29, 1.82) is 0 Å². The van der Waals surface area contributed by atoms with Gasteiger partial charge in [-0.25, -0.2) is 0 Å². The van der Waals surface area contributed by atoms with E-state index in [4.69, 9.17) is 4.52 Å². The summed E-state index contributed by atoms with van der Waals surface area (Å²) in [5.41, 5.74) is 3.74. The van der Waals surface area contributed by atoms with Gasteiger partial charge in [-0.1, -0.05) is 35.0 Å². The molecule has 0 aliphatic carbocycles. The molecule has 1 fully saturated rings. The van der Waals surface area contributed by atoms with Crippen LogP contribution in [0.3, 0.4) is 0 Å². The Morgan fingerprint density at radius 1 is 1.04 bits per heavy atom. The molecule has 0 spiro atoms. The van der Waals surface area contributed by atoms with E-state index in [2.05, 4.69) is 10.1 Å². The Morgan fingerprint density at radius 3 is 2.69 bits per heavy atom. The standard InChI is InChI=1S/C21H23N3O2/c1-16-7-9-17(10-8-16)21(25)24-12-4-11-23(13-14-24)15-19-18-5-2-3-6-20(18)26-22-19/h2-3,5-10H,4,11-15H2,1H3. The molecule has 0 unspecified atom stereocenters. The van der Waals surface area contributed by atoms with E-state index in [-0.39, 0.29) is 5.91 Å². The number of aryl methyl sites for hydroxylation is 1. The van der Waals surface area contributed by atoms with E-state index in [1.807, 2.05) is 60.4 Å². The lowest BCUT2D eigenvalue weighted by molar-refractivity contribution is 0.0761. The lowest BCUT2D eigenvalue weighted by Crippen LogP contribution is -2.35. The monoisotopic (exact) mass is 349 g/mol. The number of para-hydroxylation sites is 1. The van der Waals surface area contributed by atoms with E-state index < -0.39 is 0 Å². The molecule has 134 valence electrons. The van der Waals surface area contributed by atoms with Crippen molar-refractivity contribution in [3.05, 3.63) is 65.4 Å². The molecule has 0 atom stereocenters. The van der Waals surface area contributed by atoms with Gasteiger partial charge in [-0.15, -0.1) is 0 Å². The average Bonchev–Trinajstić information content (AvgIpc) is 2.92. The van der Waals surface area contributed by atoms with Gasteiger partial charge in [0.2, 0.25) is 0 Å². The van der Waals surface area contributed by atoms with Gasteiger partial charge in [0.1, 0.15) is 5.69 Å². The fourth-order valence-electron chi connectivity index (χ4n) is 3.47. The van der Waals surface area contributed by atoms with Crippen LogP contribution in [0.25, 0.3) is 11.0 Å². The Labute approximate surface area is 153 Å². The van der Waals surface area contributed by atoms with Crippen molar-refractivity contribution in [2.75, 3.05) is 26.2 Å². The second-order valence-electron chi connectivity index (χ2n) is 6.91. The van der Waals surface area contributed by atoms with Crippen LogP contribution >= 0.6 is 0 Å². The van der Waals surface area contributed by atoms with Crippen LogP contribution in [0.5, 0.6) is 0 Å². The Morgan fingerprint density at radius 2 is 1.85 bits per heavy atom. The molecule has 1 aliphatic heterocycles. The second kappa shape index (κ2) is 7.30. The van der Waals surface area contributed by atoms with Crippen LogP contribution in [0.4, 0.5) is 0 Å². The van der Waals surface area contributed by atoms with E-state index in [0.717, 1.165) is 61.4 Å². The molecule has 1 saturated heterocycles. The summed E-state index contributed by atoms with van der Waals surface area (Å²) in [5.74, 6) is 0.124. The van der Waals surface area contributed by atoms with E-state index >= 15 is 0 Å². The van der Waals surface area contributed by atoms with Crippen molar-refractivity contribution >= 4 is 16.9 Å². The van der Waals surface area contributed by atoms with Crippen LogP contribution in [-0.2, 0) is 6.54 Å². The van der Waals surface area contributed by atoms with Crippen molar-refractivity contribution in [3.8, 4) is 0 Å².